The Bertz CT molecular complexity index is 854. The van der Waals surface area contributed by atoms with Gasteiger partial charge in [-0.2, -0.15) is 13.2 Å². The number of alkyl halides is 3. The molecule has 178 valence electrons. The van der Waals surface area contributed by atoms with Crippen LogP contribution in [0.2, 0.25) is 0 Å². The third kappa shape index (κ3) is 5.96. The van der Waals surface area contributed by atoms with E-state index in [9.17, 15) is 26.7 Å². The van der Waals surface area contributed by atoms with E-state index >= 15 is 0 Å². The van der Waals surface area contributed by atoms with Gasteiger partial charge in [0.25, 0.3) is 0 Å². The molecule has 0 aromatic heterocycles. The second kappa shape index (κ2) is 8.96. The number of piperidine rings is 1. The fraction of sp³-hybridized carbons (Fsp3) is 0.636. The third-order valence-electron chi connectivity index (χ3n) is 6.80. The molecule has 3 fully saturated rings. The molecule has 2 aliphatic carbocycles. The average Bonchev–Trinajstić information content (AvgIpc) is 3.43. The number of nitrogens with zero attached hydrogens (tertiary/aromatic N) is 1. The van der Waals surface area contributed by atoms with Gasteiger partial charge < -0.3 is 10.4 Å². The van der Waals surface area contributed by atoms with Gasteiger partial charge in [0, 0.05) is 23.6 Å². The summed E-state index contributed by atoms with van der Waals surface area (Å²) in [5, 5.41) is 10.3. The highest BCUT2D eigenvalue weighted by molar-refractivity contribution is 5.85. The van der Waals surface area contributed by atoms with E-state index in [-0.39, 0.29) is 23.0 Å². The Kier molecular flexibility index (Phi) is 6.83. The second-order valence-electron chi connectivity index (χ2n) is 9.45. The van der Waals surface area contributed by atoms with Gasteiger partial charge in [0.15, 0.2) is 0 Å². The number of amides is 1. The topological polar surface area (TPSA) is 69.6 Å². The summed E-state index contributed by atoms with van der Waals surface area (Å²) in [6.45, 7) is 4.33. The highest BCUT2D eigenvalue weighted by atomic mass is 19.4. The first kappa shape index (κ1) is 24.4. The van der Waals surface area contributed by atoms with Gasteiger partial charge in [-0.05, 0) is 75.2 Å². The van der Waals surface area contributed by atoms with Crippen LogP contribution in [0.5, 0.6) is 0 Å². The summed E-state index contributed by atoms with van der Waals surface area (Å²) in [4.78, 5) is 23.2. The molecule has 0 atom stereocenters. The summed E-state index contributed by atoms with van der Waals surface area (Å²) in [6, 6.07) is 4.00. The van der Waals surface area contributed by atoms with E-state index in [0.29, 0.717) is 23.6 Å². The van der Waals surface area contributed by atoms with Crippen LogP contribution < -0.4 is 5.32 Å². The number of halogens is 5. The van der Waals surface area contributed by atoms with E-state index in [1.165, 1.54) is 12.1 Å². The first-order chi connectivity index (χ1) is 14.8. The number of carboxylic acids is 1. The Morgan fingerprint density at radius 2 is 1.69 bits per heavy atom. The van der Waals surface area contributed by atoms with Crippen molar-refractivity contribution in [2.45, 2.75) is 64.2 Å². The van der Waals surface area contributed by atoms with Crippen LogP contribution in [0.3, 0.4) is 0 Å². The minimum Gasteiger partial charge on any atom is -0.475 e. The predicted octanol–water partition coefficient (Wildman–Crippen LogP) is 4.26. The summed E-state index contributed by atoms with van der Waals surface area (Å²) in [5.74, 6) is -3.24. The van der Waals surface area contributed by atoms with Crippen molar-refractivity contribution in [2.24, 2.45) is 10.8 Å². The third-order valence-corrected chi connectivity index (χ3v) is 6.80. The zero-order chi connectivity index (χ0) is 23.7. The van der Waals surface area contributed by atoms with Gasteiger partial charge in [0.05, 0.1) is 0 Å². The number of nitrogens with one attached hydrogen (secondary N) is 1. The molecule has 1 heterocycles. The van der Waals surface area contributed by atoms with Crippen molar-refractivity contribution >= 4 is 11.9 Å². The molecular formula is C22H27F5N2O3. The zero-order valence-electron chi connectivity index (χ0n) is 17.8. The van der Waals surface area contributed by atoms with Crippen LogP contribution in [0.15, 0.2) is 18.2 Å². The Labute approximate surface area is 183 Å². The molecule has 1 amide bonds. The van der Waals surface area contributed by atoms with Crippen LogP contribution in [0.25, 0.3) is 0 Å². The highest BCUT2D eigenvalue weighted by Crippen LogP contribution is 2.51. The SMILES string of the molecule is CC1(C(=O)NC2CC3(CCN(Cc4cc(F)ccc4F)CC3)C2)CC1.O=C(O)C(F)(F)F. The first-order valence-corrected chi connectivity index (χ1v) is 10.6. The molecule has 1 aromatic rings. The minimum absolute atomic E-state index is 0.0961. The number of hydrogen-bond donors (Lipinski definition) is 2. The Hall–Kier alpha value is -2.23. The minimum atomic E-state index is -5.08. The number of hydrogen-bond acceptors (Lipinski definition) is 3. The molecule has 32 heavy (non-hydrogen) atoms. The second-order valence-corrected chi connectivity index (χ2v) is 9.45. The number of rotatable bonds is 4. The summed E-state index contributed by atoms with van der Waals surface area (Å²) < 4.78 is 58.8. The summed E-state index contributed by atoms with van der Waals surface area (Å²) in [6.07, 6.45) is 1.24. The summed E-state index contributed by atoms with van der Waals surface area (Å²) in [7, 11) is 0. The lowest BCUT2D eigenvalue weighted by atomic mass is 9.60. The number of benzene rings is 1. The molecular weight excluding hydrogens is 435 g/mol. The van der Waals surface area contributed by atoms with Crippen molar-refractivity contribution in [3.05, 3.63) is 35.4 Å². The molecule has 2 saturated carbocycles. The quantitative estimate of drug-likeness (QED) is 0.657. The fourth-order valence-corrected chi connectivity index (χ4v) is 4.36. The zero-order valence-corrected chi connectivity index (χ0v) is 17.8. The van der Waals surface area contributed by atoms with Gasteiger partial charge >= 0.3 is 12.1 Å². The maximum Gasteiger partial charge on any atom is 0.490 e. The van der Waals surface area contributed by atoms with E-state index in [4.69, 9.17) is 9.90 Å². The van der Waals surface area contributed by atoms with Crippen LogP contribution in [0.1, 0.15) is 51.0 Å². The normalized spacial score (nSPS) is 21.8. The monoisotopic (exact) mass is 462 g/mol. The van der Waals surface area contributed by atoms with Gasteiger partial charge in [-0.3, -0.25) is 9.69 Å². The van der Waals surface area contributed by atoms with E-state index in [1.54, 1.807) is 0 Å². The van der Waals surface area contributed by atoms with Crippen LogP contribution in [0, 0.1) is 22.5 Å². The number of aliphatic carboxylic acids is 1. The van der Waals surface area contributed by atoms with Gasteiger partial charge in [0.2, 0.25) is 5.91 Å². The van der Waals surface area contributed by atoms with E-state index < -0.39 is 12.1 Å². The van der Waals surface area contributed by atoms with Crippen molar-refractivity contribution in [2.75, 3.05) is 13.1 Å². The molecule has 0 unspecified atom stereocenters. The molecule has 1 aromatic carbocycles. The predicted molar refractivity (Wildman–Crippen MR) is 105 cm³/mol. The molecule has 3 aliphatic rings. The van der Waals surface area contributed by atoms with Crippen molar-refractivity contribution in [3.63, 3.8) is 0 Å². The first-order valence-electron chi connectivity index (χ1n) is 10.6. The molecule has 2 N–H and O–H groups in total. The van der Waals surface area contributed by atoms with Gasteiger partial charge in [-0.1, -0.05) is 6.92 Å². The molecule has 1 spiro atoms. The van der Waals surface area contributed by atoms with Crippen molar-refractivity contribution in [3.8, 4) is 0 Å². The maximum absolute atomic E-state index is 13.8. The van der Waals surface area contributed by atoms with Crippen molar-refractivity contribution in [1.82, 2.24) is 10.2 Å². The van der Waals surface area contributed by atoms with Crippen LogP contribution >= 0.6 is 0 Å². The molecule has 0 radical (unpaired) electrons. The molecule has 0 bridgehead atoms. The lowest BCUT2D eigenvalue weighted by Crippen LogP contribution is -2.55. The van der Waals surface area contributed by atoms with Crippen molar-refractivity contribution < 1.29 is 36.6 Å². The number of carbonyl (C=O) groups excluding carboxylic acids is 1. The lowest BCUT2D eigenvalue weighted by molar-refractivity contribution is -0.192. The fourth-order valence-electron chi connectivity index (χ4n) is 4.36. The summed E-state index contributed by atoms with van der Waals surface area (Å²) in [5.41, 5.74) is 0.688. The Morgan fingerprint density at radius 3 is 2.19 bits per heavy atom. The van der Waals surface area contributed by atoms with Crippen molar-refractivity contribution in [1.29, 1.82) is 0 Å². The van der Waals surface area contributed by atoms with E-state index in [0.717, 1.165) is 57.7 Å². The summed E-state index contributed by atoms with van der Waals surface area (Å²) >= 11 is 0. The van der Waals surface area contributed by atoms with Crippen LogP contribution in [0.4, 0.5) is 22.0 Å². The Balaban J connectivity index is 0.000000360. The molecule has 5 nitrogen and oxygen atoms in total. The smallest absolute Gasteiger partial charge is 0.475 e. The number of likely N-dealkylation sites (tertiary alicyclic amines) is 1. The van der Waals surface area contributed by atoms with E-state index in [2.05, 4.69) is 10.2 Å². The van der Waals surface area contributed by atoms with Crippen LogP contribution in [-0.2, 0) is 16.1 Å². The van der Waals surface area contributed by atoms with E-state index in [1.807, 2.05) is 6.92 Å². The standard InChI is InChI=1S/C20H26F2N2O.C2HF3O2/c1-19(4-5-19)18(25)23-16-11-20(12-16)6-8-24(9-7-20)13-14-10-15(21)2-3-17(14)22;3-2(4,5)1(6)7/h2-3,10,16H,4-9,11-13H2,1H3,(H,23,25);(H,6,7). The number of carbonyl (C=O) groups is 2. The highest BCUT2D eigenvalue weighted by Gasteiger charge is 2.50. The molecule has 10 heteroatoms. The average molecular weight is 462 g/mol. The molecule has 4 rings (SSSR count). The van der Waals surface area contributed by atoms with Gasteiger partial charge in [-0.25, -0.2) is 13.6 Å². The largest absolute Gasteiger partial charge is 0.490 e. The molecule has 1 aliphatic heterocycles. The van der Waals surface area contributed by atoms with Crippen LogP contribution in [-0.4, -0.2) is 47.2 Å². The van der Waals surface area contributed by atoms with Gasteiger partial charge in [-0.15, -0.1) is 0 Å². The molecule has 1 saturated heterocycles. The number of carboxylic acid groups (broad SMARTS) is 1. The lowest BCUT2D eigenvalue weighted by Gasteiger charge is -2.52. The Morgan fingerprint density at radius 1 is 1.12 bits per heavy atom. The van der Waals surface area contributed by atoms with Gasteiger partial charge in [0.1, 0.15) is 11.6 Å². The maximum atomic E-state index is 13.8.